The average molecular weight is 489 g/mol. The standard InChI is InChI=1S/C27H21ClN2O5/c1-2-14-34-24-13-8-20(28)15-19(24)16-23-25(31)29-27(33)30(26(23)32)21-9-11-22(12-10-21)35-17-18-6-4-3-5-7-18/h2-13,15-16H,1,14,17H2,(H,29,31,33)/b23-16+. The Balaban J connectivity index is 1.57. The minimum Gasteiger partial charge on any atom is -0.489 e. The molecular weight excluding hydrogens is 468 g/mol. The highest BCUT2D eigenvalue weighted by molar-refractivity contribution is 6.39. The van der Waals surface area contributed by atoms with Gasteiger partial charge in [0.15, 0.2) is 0 Å². The zero-order chi connectivity index (χ0) is 24.8. The molecule has 3 aromatic carbocycles. The van der Waals surface area contributed by atoms with Gasteiger partial charge < -0.3 is 9.47 Å². The molecule has 0 saturated carbocycles. The maximum absolute atomic E-state index is 13.2. The molecule has 4 amide bonds. The first kappa shape index (κ1) is 23.8. The van der Waals surface area contributed by atoms with Crippen molar-refractivity contribution in [2.75, 3.05) is 11.5 Å². The fraction of sp³-hybridized carbons (Fsp3) is 0.0741. The lowest BCUT2D eigenvalue weighted by Crippen LogP contribution is -2.54. The van der Waals surface area contributed by atoms with Crippen LogP contribution < -0.4 is 19.7 Å². The van der Waals surface area contributed by atoms with E-state index in [4.69, 9.17) is 21.1 Å². The second-order valence-corrected chi connectivity index (χ2v) is 7.94. The average Bonchev–Trinajstić information content (AvgIpc) is 2.86. The third-order valence-corrected chi connectivity index (χ3v) is 5.31. The number of benzene rings is 3. The third-order valence-electron chi connectivity index (χ3n) is 5.07. The van der Waals surface area contributed by atoms with Gasteiger partial charge in [0.1, 0.15) is 30.3 Å². The largest absolute Gasteiger partial charge is 0.489 e. The zero-order valence-corrected chi connectivity index (χ0v) is 19.3. The Morgan fingerprint density at radius 2 is 1.69 bits per heavy atom. The Kier molecular flexibility index (Phi) is 7.28. The van der Waals surface area contributed by atoms with Crippen LogP contribution in [0.4, 0.5) is 10.5 Å². The van der Waals surface area contributed by atoms with Crippen molar-refractivity contribution in [1.82, 2.24) is 5.32 Å². The summed E-state index contributed by atoms with van der Waals surface area (Å²) < 4.78 is 11.4. The van der Waals surface area contributed by atoms with Gasteiger partial charge in [-0.25, -0.2) is 9.69 Å². The second kappa shape index (κ2) is 10.7. The molecule has 0 aromatic heterocycles. The summed E-state index contributed by atoms with van der Waals surface area (Å²) in [6.45, 7) is 4.21. The van der Waals surface area contributed by atoms with Crippen LogP contribution >= 0.6 is 11.6 Å². The van der Waals surface area contributed by atoms with Gasteiger partial charge in [-0.3, -0.25) is 14.9 Å². The maximum Gasteiger partial charge on any atom is 0.335 e. The van der Waals surface area contributed by atoms with Gasteiger partial charge in [-0.2, -0.15) is 0 Å². The number of imide groups is 2. The lowest BCUT2D eigenvalue weighted by molar-refractivity contribution is -0.122. The summed E-state index contributed by atoms with van der Waals surface area (Å²) in [4.78, 5) is 39.2. The molecule has 3 aromatic rings. The minimum atomic E-state index is -0.843. The van der Waals surface area contributed by atoms with Crippen LogP contribution in [0, 0.1) is 0 Å². The minimum absolute atomic E-state index is 0.223. The number of nitrogens with zero attached hydrogens (tertiary/aromatic N) is 1. The van der Waals surface area contributed by atoms with Crippen molar-refractivity contribution in [2.24, 2.45) is 0 Å². The Morgan fingerprint density at radius 3 is 2.40 bits per heavy atom. The fourth-order valence-corrected chi connectivity index (χ4v) is 3.57. The molecule has 7 nitrogen and oxygen atoms in total. The van der Waals surface area contributed by atoms with Gasteiger partial charge >= 0.3 is 6.03 Å². The molecule has 1 N–H and O–H groups in total. The van der Waals surface area contributed by atoms with Gasteiger partial charge in [-0.15, -0.1) is 0 Å². The predicted octanol–water partition coefficient (Wildman–Crippen LogP) is 5.15. The maximum atomic E-state index is 13.2. The molecule has 0 atom stereocenters. The molecule has 1 aliphatic rings. The van der Waals surface area contributed by atoms with E-state index in [0.29, 0.717) is 28.7 Å². The highest BCUT2D eigenvalue weighted by Gasteiger charge is 2.37. The van der Waals surface area contributed by atoms with Gasteiger partial charge in [0.05, 0.1) is 5.69 Å². The number of halogens is 1. The molecule has 8 heteroatoms. The summed E-state index contributed by atoms with van der Waals surface area (Å²) in [7, 11) is 0. The molecule has 0 radical (unpaired) electrons. The van der Waals surface area contributed by atoms with E-state index in [2.05, 4.69) is 11.9 Å². The van der Waals surface area contributed by atoms with Crippen LogP contribution in [0.5, 0.6) is 11.5 Å². The van der Waals surface area contributed by atoms with Gasteiger partial charge in [-0.05, 0) is 54.1 Å². The van der Waals surface area contributed by atoms with Crippen molar-refractivity contribution >= 4 is 41.2 Å². The van der Waals surface area contributed by atoms with Crippen LogP contribution in [0.3, 0.4) is 0 Å². The van der Waals surface area contributed by atoms with E-state index in [-0.39, 0.29) is 17.9 Å². The summed E-state index contributed by atoms with van der Waals surface area (Å²) >= 11 is 6.10. The molecule has 1 aliphatic heterocycles. The van der Waals surface area contributed by atoms with Crippen LogP contribution in [0.2, 0.25) is 5.02 Å². The number of rotatable bonds is 8. The second-order valence-electron chi connectivity index (χ2n) is 7.51. The van der Waals surface area contributed by atoms with Gasteiger partial charge in [0.25, 0.3) is 11.8 Å². The first-order valence-electron chi connectivity index (χ1n) is 10.7. The molecular formula is C27H21ClN2O5. The molecule has 1 fully saturated rings. The van der Waals surface area contributed by atoms with E-state index in [1.807, 2.05) is 30.3 Å². The number of ether oxygens (including phenoxy) is 2. The topological polar surface area (TPSA) is 84.9 Å². The zero-order valence-electron chi connectivity index (χ0n) is 18.6. The summed E-state index contributed by atoms with van der Waals surface area (Å²) in [6.07, 6.45) is 2.91. The van der Waals surface area contributed by atoms with Gasteiger partial charge in [0, 0.05) is 10.6 Å². The van der Waals surface area contributed by atoms with Crippen LogP contribution in [-0.2, 0) is 16.2 Å². The van der Waals surface area contributed by atoms with Crippen LogP contribution in [0.1, 0.15) is 11.1 Å². The number of carbonyl (C=O) groups is 3. The van der Waals surface area contributed by atoms with Crippen molar-refractivity contribution in [3.63, 3.8) is 0 Å². The van der Waals surface area contributed by atoms with E-state index < -0.39 is 17.8 Å². The number of nitrogens with one attached hydrogen (secondary N) is 1. The van der Waals surface area contributed by atoms with Crippen molar-refractivity contribution in [2.45, 2.75) is 6.61 Å². The number of amides is 4. The smallest absolute Gasteiger partial charge is 0.335 e. The summed E-state index contributed by atoms with van der Waals surface area (Å²) in [5.41, 5.74) is 1.47. The number of urea groups is 1. The van der Waals surface area contributed by atoms with E-state index in [9.17, 15) is 14.4 Å². The Morgan fingerprint density at radius 1 is 0.943 bits per heavy atom. The summed E-state index contributed by atoms with van der Waals surface area (Å²) in [5.74, 6) is -0.608. The number of hydrogen-bond acceptors (Lipinski definition) is 5. The number of barbiturate groups is 1. The number of anilines is 1. The Bertz CT molecular complexity index is 1300. The molecule has 176 valence electrons. The van der Waals surface area contributed by atoms with Crippen LogP contribution in [-0.4, -0.2) is 24.5 Å². The first-order chi connectivity index (χ1) is 17.0. The fourth-order valence-electron chi connectivity index (χ4n) is 3.39. The lowest BCUT2D eigenvalue weighted by Gasteiger charge is -2.26. The normalized spacial score (nSPS) is 14.6. The predicted molar refractivity (Wildman–Crippen MR) is 133 cm³/mol. The monoisotopic (exact) mass is 488 g/mol. The van der Waals surface area contributed by atoms with E-state index >= 15 is 0 Å². The van der Waals surface area contributed by atoms with Crippen molar-refractivity contribution in [3.8, 4) is 11.5 Å². The highest BCUT2D eigenvalue weighted by Crippen LogP contribution is 2.28. The van der Waals surface area contributed by atoms with E-state index in [1.54, 1.807) is 48.5 Å². The quantitative estimate of drug-likeness (QED) is 0.269. The Labute approximate surface area is 207 Å². The number of carbonyl (C=O) groups excluding carboxylic acids is 3. The Hall–Kier alpha value is -4.36. The molecule has 1 saturated heterocycles. The third kappa shape index (κ3) is 5.59. The molecule has 0 bridgehead atoms. The van der Waals surface area contributed by atoms with Crippen molar-refractivity contribution in [1.29, 1.82) is 0 Å². The highest BCUT2D eigenvalue weighted by atomic mass is 35.5. The van der Waals surface area contributed by atoms with Crippen LogP contribution in [0.15, 0.2) is 91.0 Å². The van der Waals surface area contributed by atoms with Crippen molar-refractivity contribution < 1.29 is 23.9 Å². The molecule has 35 heavy (non-hydrogen) atoms. The molecule has 0 aliphatic carbocycles. The lowest BCUT2D eigenvalue weighted by atomic mass is 10.1. The SMILES string of the molecule is C=CCOc1ccc(Cl)cc1/C=C1\C(=O)NC(=O)N(c2ccc(OCc3ccccc3)cc2)C1=O. The summed E-state index contributed by atoms with van der Waals surface area (Å²) in [6, 6.07) is 20.1. The molecule has 0 unspecified atom stereocenters. The van der Waals surface area contributed by atoms with Crippen LogP contribution in [0.25, 0.3) is 6.08 Å². The molecule has 1 heterocycles. The van der Waals surface area contributed by atoms with Gasteiger partial charge in [-0.1, -0.05) is 54.6 Å². The number of hydrogen-bond donors (Lipinski definition) is 1. The summed E-state index contributed by atoms with van der Waals surface area (Å²) in [5, 5.41) is 2.60. The van der Waals surface area contributed by atoms with E-state index in [1.165, 1.54) is 6.08 Å². The first-order valence-corrected chi connectivity index (χ1v) is 11.1. The van der Waals surface area contributed by atoms with E-state index in [0.717, 1.165) is 10.5 Å². The van der Waals surface area contributed by atoms with Crippen molar-refractivity contribution in [3.05, 3.63) is 107 Å². The molecule has 0 spiro atoms. The van der Waals surface area contributed by atoms with Gasteiger partial charge in [0.2, 0.25) is 0 Å². The molecule has 4 rings (SSSR count).